The summed E-state index contributed by atoms with van der Waals surface area (Å²) in [5, 5.41) is 6.60. The Morgan fingerprint density at radius 3 is 2.72 bits per heavy atom. The van der Waals surface area contributed by atoms with Crippen LogP contribution in [0, 0.1) is 13.8 Å². The Bertz CT molecular complexity index is 508. The van der Waals surface area contributed by atoms with Crippen molar-refractivity contribution in [3.8, 4) is 11.3 Å². The summed E-state index contributed by atoms with van der Waals surface area (Å²) in [4.78, 5) is 4.66. The molecule has 0 saturated carbocycles. The number of nitrogens with one attached hydrogen (secondary N) is 1. The van der Waals surface area contributed by atoms with Gasteiger partial charge in [-0.15, -0.1) is 23.7 Å². The standard InChI is InChI=1S/C14H18N2S.ClH/c1-4-15-8-14-16-13(9-17-14)12-6-5-10(2)7-11(12)3;/h5-7,9,15H,4,8H2,1-3H3;1H. The third-order valence-corrected chi connectivity index (χ3v) is 3.58. The van der Waals surface area contributed by atoms with E-state index in [1.807, 2.05) is 0 Å². The Kier molecular flexibility index (Phi) is 5.79. The topological polar surface area (TPSA) is 24.9 Å². The lowest BCUT2D eigenvalue weighted by molar-refractivity contribution is 0.723. The Hall–Kier alpha value is -0.900. The van der Waals surface area contributed by atoms with E-state index in [-0.39, 0.29) is 12.4 Å². The predicted molar refractivity (Wildman–Crippen MR) is 81.7 cm³/mol. The van der Waals surface area contributed by atoms with Gasteiger partial charge < -0.3 is 5.32 Å². The van der Waals surface area contributed by atoms with Crippen LogP contribution in [0.2, 0.25) is 0 Å². The molecule has 2 nitrogen and oxygen atoms in total. The summed E-state index contributed by atoms with van der Waals surface area (Å²) < 4.78 is 0. The molecule has 0 radical (unpaired) electrons. The van der Waals surface area contributed by atoms with Crippen molar-refractivity contribution in [2.24, 2.45) is 0 Å². The average molecular weight is 283 g/mol. The molecular weight excluding hydrogens is 264 g/mol. The minimum atomic E-state index is 0. The molecule has 0 aliphatic rings. The van der Waals surface area contributed by atoms with Crippen molar-refractivity contribution in [2.45, 2.75) is 27.3 Å². The lowest BCUT2D eigenvalue weighted by atomic mass is 10.0. The van der Waals surface area contributed by atoms with Crippen molar-refractivity contribution in [1.82, 2.24) is 10.3 Å². The van der Waals surface area contributed by atoms with Gasteiger partial charge in [0.2, 0.25) is 0 Å². The van der Waals surface area contributed by atoms with E-state index in [1.54, 1.807) is 11.3 Å². The molecular formula is C14H19ClN2S. The quantitative estimate of drug-likeness (QED) is 0.918. The van der Waals surface area contributed by atoms with E-state index < -0.39 is 0 Å². The summed E-state index contributed by atoms with van der Waals surface area (Å²) in [5.74, 6) is 0. The Labute approximate surface area is 119 Å². The fourth-order valence-corrected chi connectivity index (χ4v) is 2.61. The SMILES string of the molecule is CCNCc1nc(-c2ccc(C)cc2C)cs1.Cl. The molecule has 4 heteroatoms. The number of nitrogens with zero attached hydrogens (tertiary/aromatic N) is 1. The fraction of sp³-hybridized carbons (Fsp3) is 0.357. The highest BCUT2D eigenvalue weighted by Gasteiger charge is 2.06. The second kappa shape index (κ2) is 6.88. The second-order valence-electron chi connectivity index (χ2n) is 4.23. The largest absolute Gasteiger partial charge is 0.311 e. The summed E-state index contributed by atoms with van der Waals surface area (Å²) in [7, 11) is 0. The maximum Gasteiger partial charge on any atom is 0.107 e. The van der Waals surface area contributed by atoms with Gasteiger partial charge >= 0.3 is 0 Å². The molecule has 0 atom stereocenters. The third-order valence-electron chi connectivity index (χ3n) is 2.74. The summed E-state index contributed by atoms with van der Waals surface area (Å²) in [6.07, 6.45) is 0. The summed E-state index contributed by atoms with van der Waals surface area (Å²) in [6, 6.07) is 6.51. The highest BCUT2D eigenvalue weighted by atomic mass is 35.5. The van der Waals surface area contributed by atoms with E-state index in [0.29, 0.717) is 0 Å². The van der Waals surface area contributed by atoms with Gasteiger partial charge in [0.05, 0.1) is 5.69 Å². The van der Waals surface area contributed by atoms with Gasteiger partial charge in [0, 0.05) is 17.5 Å². The minimum absolute atomic E-state index is 0. The van der Waals surface area contributed by atoms with E-state index in [2.05, 4.69) is 54.7 Å². The van der Waals surface area contributed by atoms with Gasteiger partial charge in [-0.2, -0.15) is 0 Å². The molecule has 0 saturated heterocycles. The van der Waals surface area contributed by atoms with Gasteiger partial charge in [0.15, 0.2) is 0 Å². The number of thiazole rings is 1. The zero-order chi connectivity index (χ0) is 12.3. The van der Waals surface area contributed by atoms with E-state index in [1.165, 1.54) is 16.7 Å². The number of aromatic nitrogens is 1. The first-order valence-corrected chi connectivity index (χ1v) is 6.81. The molecule has 0 bridgehead atoms. The third kappa shape index (κ3) is 3.55. The minimum Gasteiger partial charge on any atom is -0.311 e. The molecule has 2 aromatic rings. The predicted octanol–water partition coefficient (Wildman–Crippen LogP) is 3.96. The molecule has 18 heavy (non-hydrogen) atoms. The normalized spacial score (nSPS) is 10.2. The van der Waals surface area contributed by atoms with Crippen molar-refractivity contribution < 1.29 is 0 Å². The smallest absolute Gasteiger partial charge is 0.107 e. The Morgan fingerprint density at radius 2 is 2.06 bits per heavy atom. The van der Waals surface area contributed by atoms with Crippen LogP contribution >= 0.6 is 23.7 Å². The van der Waals surface area contributed by atoms with Crippen molar-refractivity contribution >= 4 is 23.7 Å². The van der Waals surface area contributed by atoms with Crippen molar-refractivity contribution in [3.05, 3.63) is 39.7 Å². The first kappa shape index (κ1) is 15.2. The summed E-state index contributed by atoms with van der Waals surface area (Å²) in [5.41, 5.74) is 4.94. The maximum absolute atomic E-state index is 4.66. The van der Waals surface area contributed by atoms with Crippen LogP contribution in [0.25, 0.3) is 11.3 Å². The van der Waals surface area contributed by atoms with Gasteiger partial charge in [-0.3, -0.25) is 0 Å². The highest BCUT2D eigenvalue weighted by Crippen LogP contribution is 2.25. The molecule has 98 valence electrons. The van der Waals surface area contributed by atoms with Crippen LogP contribution in [-0.2, 0) is 6.54 Å². The first-order chi connectivity index (χ1) is 8.20. The molecule has 1 heterocycles. The lowest BCUT2D eigenvalue weighted by Crippen LogP contribution is -2.11. The fourth-order valence-electron chi connectivity index (χ4n) is 1.85. The number of hydrogen-bond donors (Lipinski definition) is 1. The van der Waals surface area contributed by atoms with Gasteiger partial charge in [0.25, 0.3) is 0 Å². The molecule has 0 unspecified atom stereocenters. The number of benzene rings is 1. The van der Waals surface area contributed by atoms with Gasteiger partial charge in [0.1, 0.15) is 5.01 Å². The van der Waals surface area contributed by atoms with Crippen LogP contribution in [0.4, 0.5) is 0 Å². The average Bonchev–Trinajstić information content (AvgIpc) is 2.75. The van der Waals surface area contributed by atoms with Crippen LogP contribution in [0.1, 0.15) is 23.1 Å². The van der Waals surface area contributed by atoms with Crippen molar-refractivity contribution in [2.75, 3.05) is 6.54 Å². The zero-order valence-electron chi connectivity index (χ0n) is 11.0. The van der Waals surface area contributed by atoms with Gasteiger partial charge in [-0.05, 0) is 26.0 Å². The molecule has 0 fully saturated rings. The monoisotopic (exact) mass is 282 g/mol. The zero-order valence-corrected chi connectivity index (χ0v) is 12.6. The Balaban J connectivity index is 0.00000162. The summed E-state index contributed by atoms with van der Waals surface area (Å²) in [6.45, 7) is 8.23. The number of halogens is 1. The van der Waals surface area contributed by atoms with Crippen LogP contribution in [-0.4, -0.2) is 11.5 Å². The van der Waals surface area contributed by atoms with Gasteiger partial charge in [-0.1, -0.05) is 30.7 Å². The second-order valence-corrected chi connectivity index (χ2v) is 5.17. The lowest BCUT2D eigenvalue weighted by Gasteiger charge is -2.03. The molecule has 0 spiro atoms. The van der Waals surface area contributed by atoms with Crippen LogP contribution in [0.5, 0.6) is 0 Å². The highest BCUT2D eigenvalue weighted by molar-refractivity contribution is 7.09. The number of aryl methyl sites for hydroxylation is 2. The first-order valence-electron chi connectivity index (χ1n) is 5.93. The molecule has 1 N–H and O–H groups in total. The Morgan fingerprint density at radius 1 is 1.28 bits per heavy atom. The van der Waals surface area contributed by atoms with E-state index in [0.717, 1.165) is 23.8 Å². The molecule has 0 aliphatic carbocycles. The van der Waals surface area contributed by atoms with E-state index in [9.17, 15) is 0 Å². The molecule has 0 aliphatic heterocycles. The van der Waals surface area contributed by atoms with Crippen molar-refractivity contribution in [3.63, 3.8) is 0 Å². The molecule has 2 rings (SSSR count). The number of rotatable bonds is 4. The number of hydrogen-bond acceptors (Lipinski definition) is 3. The molecule has 1 aromatic carbocycles. The van der Waals surface area contributed by atoms with Crippen LogP contribution < -0.4 is 5.32 Å². The molecule has 1 aromatic heterocycles. The van der Waals surface area contributed by atoms with E-state index >= 15 is 0 Å². The van der Waals surface area contributed by atoms with Crippen LogP contribution in [0.3, 0.4) is 0 Å². The van der Waals surface area contributed by atoms with E-state index in [4.69, 9.17) is 0 Å². The maximum atomic E-state index is 4.66. The molecule has 0 amide bonds. The summed E-state index contributed by atoms with van der Waals surface area (Å²) >= 11 is 1.72. The van der Waals surface area contributed by atoms with Gasteiger partial charge in [-0.25, -0.2) is 4.98 Å². The van der Waals surface area contributed by atoms with Crippen molar-refractivity contribution in [1.29, 1.82) is 0 Å². The van der Waals surface area contributed by atoms with Crippen LogP contribution in [0.15, 0.2) is 23.6 Å².